The SMILES string of the molecule is Cn1cc(Br)c(C(F)(F)F)nc1=O. The van der Waals surface area contributed by atoms with E-state index in [-0.39, 0.29) is 4.47 Å². The van der Waals surface area contributed by atoms with Crippen molar-refractivity contribution in [2.75, 3.05) is 0 Å². The first-order valence-electron chi connectivity index (χ1n) is 3.12. The summed E-state index contributed by atoms with van der Waals surface area (Å²) in [7, 11) is 1.32. The summed E-state index contributed by atoms with van der Waals surface area (Å²) in [6.45, 7) is 0. The zero-order valence-electron chi connectivity index (χ0n) is 6.39. The average Bonchev–Trinajstić information content (AvgIpc) is 1.94. The summed E-state index contributed by atoms with van der Waals surface area (Å²) in [5.41, 5.74) is -2.13. The molecule has 0 saturated carbocycles. The van der Waals surface area contributed by atoms with Gasteiger partial charge in [-0.3, -0.25) is 0 Å². The number of hydrogen-bond donors (Lipinski definition) is 0. The highest BCUT2D eigenvalue weighted by Gasteiger charge is 2.35. The third-order valence-corrected chi connectivity index (χ3v) is 1.89. The van der Waals surface area contributed by atoms with Crippen LogP contribution in [0.1, 0.15) is 5.69 Å². The van der Waals surface area contributed by atoms with Crippen LogP contribution in [-0.4, -0.2) is 9.55 Å². The zero-order chi connectivity index (χ0) is 10.2. The molecule has 0 radical (unpaired) electrons. The van der Waals surface area contributed by atoms with E-state index in [9.17, 15) is 18.0 Å². The summed E-state index contributed by atoms with van der Waals surface area (Å²) in [5.74, 6) is 0. The molecular weight excluding hydrogens is 253 g/mol. The Hall–Kier alpha value is -0.850. The third-order valence-electron chi connectivity index (χ3n) is 1.31. The maximum Gasteiger partial charge on any atom is 0.434 e. The number of aromatic nitrogens is 2. The van der Waals surface area contributed by atoms with Crippen LogP contribution in [-0.2, 0) is 13.2 Å². The second kappa shape index (κ2) is 3.13. The zero-order valence-corrected chi connectivity index (χ0v) is 7.98. The second-order valence-corrected chi connectivity index (χ2v) is 3.18. The molecule has 0 aliphatic heterocycles. The Kier molecular flexibility index (Phi) is 2.47. The summed E-state index contributed by atoms with van der Waals surface area (Å²) in [6, 6.07) is 0. The molecule has 1 aromatic heterocycles. The fourth-order valence-corrected chi connectivity index (χ4v) is 1.33. The molecule has 0 bridgehead atoms. The van der Waals surface area contributed by atoms with Crippen molar-refractivity contribution in [2.45, 2.75) is 6.18 Å². The van der Waals surface area contributed by atoms with E-state index in [1.165, 1.54) is 7.05 Å². The van der Waals surface area contributed by atoms with Gasteiger partial charge < -0.3 is 4.57 Å². The lowest BCUT2D eigenvalue weighted by molar-refractivity contribution is -0.142. The predicted octanol–water partition coefficient (Wildman–Crippen LogP) is 1.56. The Morgan fingerprint density at radius 3 is 2.54 bits per heavy atom. The lowest BCUT2D eigenvalue weighted by Crippen LogP contribution is -2.24. The van der Waals surface area contributed by atoms with Crippen LogP contribution in [0.25, 0.3) is 0 Å². The number of aryl methyl sites for hydroxylation is 1. The molecule has 0 aliphatic carbocycles. The minimum Gasteiger partial charge on any atom is -0.301 e. The first kappa shape index (κ1) is 10.2. The van der Waals surface area contributed by atoms with Gasteiger partial charge in [0.15, 0.2) is 5.69 Å². The van der Waals surface area contributed by atoms with Gasteiger partial charge in [-0.15, -0.1) is 0 Å². The van der Waals surface area contributed by atoms with Gasteiger partial charge in [0.05, 0.1) is 4.47 Å². The standard InChI is InChI=1S/C6H4BrF3N2O/c1-12-2-3(7)4(6(8,9)10)11-5(12)13/h2H,1H3. The van der Waals surface area contributed by atoms with Gasteiger partial charge in [0, 0.05) is 13.2 Å². The van der Waals surface area contributed by atoms with Crippen molar-refractivity contribution >= 4 is 15.9 Å². The van der Waals surface area contributed by atoms with Gasteiger partial charge in [0.25, 0.3) is 0 Å². The van der Waals surface area contributed by atoms with Crippen LogP contribution in [0.5, 0.6) is 0 Å². The minimum absolute atomic E-state index is 0.248. The molecule has 1 aromatic rings. The van der Waals surface area contributed by atoms with Crippen LogP contribution in [0.2, 0.25) is 0 Å². The van der Waals surface area contributed by atoms with Crippen LogP contribution >= 0.6 is 15.9 Å². The monoisotopic (exact) mass is 256 g/mol. The number of rotatable bonds is 0. The van der Waals surface area contributed by atoms with Crippen LogP contribution in [0, 0.1) is 0 Å². The molecule has 13 heavy (non-hydrogen) atoms. The van der Waals surface area contributed by atoms with E-state index in [0.29, 0.717) is 0 Å². The molecule has 7 heteroatoms. The summed E-state index contributed by atoms with van der Waals surface area (Å²) < 4.78 is 37.1. The fourth-order valence-electron chi connectivity index (χ4n) is 0.713. The molecule has 0 atom stereocenters. The molecule has 0 aromatic carbocycles. The van der Waals surface area contributed by atoms with Crippen molar-refractivity contribution in [3.8, 4) is 0 Å². The van der Waals surface area contributed by atoms with Gasteiger partial charge in [-0.1, -0.05) is 0 Å². The summed E-state index contributed by atoms with van der Waals surface area (Å²) >= 11 is 2.67. The molecular formula is C6H4BrF3N2O. The van der Waals surface area contributed by atoms with Crippen molar-refractivity contribution < 1.29 is 13.2 Å². The summed E-state index contributed by atoms with van der Waals surface area (Å²) in [4.78, 5) is 13.6. The van der Waals surface area contributed by atoms with Crippen molar-refractivity contribution in [3.63, 3.8) is 0 Å². The van der Waals surface area contributed by atoms with E-state index in [2.05, 4.69) is 20.9 Å². The lowest BCUT2D eigenvalue weighted by Gasteiger charge is -2.07. The molecule has 72 valence electrons. The largest absolute Gasteiger partial charge is 0.434 e. The first-order valence-corrected chi connectivity index (χ1v) is 3.92. The first-order chi connectivity index (χ1) is 5.82. The molecule has 0 fully saturated rings. The van der Waals surface area contributed by atoms with Gasteiger partial charge in [0.1, 0.15) is 0 Å². The quantitative estimate of drug-likeness (QED) is 0.706. The summed E-state index contributed by atoms with van der Waals surface area (Å²) in [6.07, 6.45) is -3.58. The predicted molar refractivity (Wildman–Crippen MR) is 42.2 cm³/mol. The molecule has 0 spiro atoms. The number of alkyl halides is 3. The molecule has 0 saturated heterocycles. The van der Waals surface area contributed by atoms with E-state index < -0.39 is 17.6 Å². The van der Waals surface area contributed by atoms with Gasteiger partial charge in [-0.2, -0.15) is 18.2 Å². The van der Waals surface area contributed by atoms with Crippen LogP contribution in [0.3, 0.4) is 0 Å². The fraction of sp³-hybridized carbons (Fsp3) is 0.333. The third kappa shape index (κ3) is 2.09. The van der Waals surface area contributed by atoms with E-state index in [1.54, 1.807) is 0 Å². The number of nitrogens with zero attached hydrogens (tertiary/aromatic N) is 2. The van der Waals surface area contributed by atoms with Crippen molar-refractivity contribution in [1.82, 2.24) is 9.55 Å². The smallest absolute Gasteiger partial charge is 0.301 e. The van der Waals surface area contributed by atoms with E-state index >= 15 is 0 Å². The highest BCUT2D eigenvalue weighted by atomic mass is 79.9. The van der Waals surface area contributed by atoms with E-state index in [1.807, 2.05) is 0 Å². The highest BCUT2D eigenvalue weighted by molar-refractivity contribution is 9.10. The normalized spacial score (nSPS) is 11.8. The van der Waals surface area contributed by atoms with Crippen molar-refractivity contribution in [1.29, 1.82) is 0 Å². The van der Waals surface area contributed by atoms with Crippen LogP contribution in [0.15, 0.2) is 15.5 Å². The molecule has 3 nitrogen and oxygen atoms in total. The maximum absolute atomic E-state index is 12.1. The molecule has 0 amide bonds. The lowest BCUT2D eigenvalue weighted by atomic mass is 10.4. The Bertz CT molecular complexity index is 384. The van der Waals surface area contributed by atoms with Gasteiger partial charge in [-0.05, 0) is 15.9 Å². The van der Waals surface area contributed by atoms with Gasteiger partial charge in [0.2, 0.25) is 0 Å². The van der Waals surface area contributed by atoms with E-state index in [0.717, 1.165) is 10.8 Å². The molecule has 0 unspecified atom stereocenters. The Balaban J connectivity index is 3.41. The molecule has 0 N–H and O–H groups in total. The molecule has 1 heterocycles. The number of hydrogen-bond acceptors (Lipinski definition) is 2. The van der Waals surface area contributed by atoms with Crippen LogP contribution < -0.4 is 5.69 Å². The Morgan fingerprint density at radius 1 is 1.54 bits per heavy atom. The maximum atomic E-state index is 12.1. The van der Waals surface area contributed by atoms with Crippen molar-refractivity contribution in [3.05, 3.63) is 26.8 Å². The van der Waals surface area contributed by atoms with Crippen LogP contribution in [0.4, 0.5) is 13.2 Å². The van der Waals surface area contributed by atoms with Gasteiger partial charge in [-0.25, -0.2) is 4.79 Å². The molecule has 1 rings (SSSR count). The Labute approximate surface area is 79.3 Å². The highest BCUT2D eigenvalue weighted by Crippen LogP contribution is 2.31. The second-order valence-electron chi connectivity index (χ2n) is 2.33. The average molecular weight is 257 g/mol. The van der Waals surface area contributed by atoms with Crippen molar-refractivity contribution in [2.24, 2.45) is 7.05 Å². The van der Waals surface area contributed by atoms with E-state index in [4.69, 9.17) is 0 Å². The number of halogens is 4. The summed E-state index contributed by atoms with van der Waals surface area (Å²) in [5, 5.41) is 0. The topological polar surface area (TPSA) is 34.9 Å². The minimum atomic E-state index is -4.60. The Morgan fingerprint density at radius 2 is 2.08 bits per heavy atom. The van der Waals surface area contributed by atoms with Gasteiger partial charge >= 0.3 is 11.9 Å². The molecule has 0 aliphatic rings.